The van der Waals surface area contributed by atoms with E-state index >= 15 is 0 Å². The molecule has 0 bridgehead atoms. The lowest BCUT2D eigenvalue weighted by molar-refractivity contribution is 0.603. The van der Waals surface area contributed by atoms with Gasteiger partial charge in [0.1, 0.15) is 4.21 Å². The minimum Gasteiger partial charge on any atom is -0.337 e. The average molecular weight is 439 g/mol. The minimum atomic E-state index is -3.75. The highest BCUT2D eigenvalue weighted by atomic mass is 32.2. The maximum Gasteiger partial charge on any atom is 0.272 e. The molecule has 1 atom stereocenters. The summed E-state index contributed by atoms with van der Waals surface area (Å²) in [5, 5.41) is 4.94. The van der Waals surface area contributed by atoms with E-state index in [0.29, 0.717) is 22.8 Å². The van der Waals surface area contributed by atoms with E-state index in [9.17, 15) is 8.42 Å². The van der Waals surface area contributed by atoms with Gasteiger partial charge in [-0.05, 0) is 53.6 Å². The van der Waals surface area contributed by atoms with Gasteiger partial charge in [-0.3, -0.25) is 4.72 Å². The van der Waals surface area contributed by atoms with E-state index in [2.05, 4.69) is 46.0 Å². The van der Waals surface area contributed by atoms with Crippen molar-refractivity contribution < 1.29 is 8.42 Å². The van der Waals surface area contributed by atoms with Crippen molar-refractivity contribution in [3.05, 3.63) is 71.6 Å². The molecule has 0 saturated carbocycles. The van der Waals surface area contributed by atoms with Gasteiger partial charge in [0.15, 0.2) is 11.6 Å². The van der Waals surface area contributed by atoms with Gasteiger partial charge in [-0.1, -0.05) is 44.2 Å². The number of benzene rings is 2. The zero-order valence-corrected chi connectivity index (χ0v) is 18.3. The average Bonchev–Trinajstić information content (AvgIpc) is 3.30. The number of rotatable bonds is 7. The van der Waals surface area contributed by atoms with Crippen LogP contribution < -0.4 is 10.0 Å². The normalized spacial score (nSPS) is 12.6. The van der Waals surface area contributed by atoms with Crippen molar-refractivity contribution in [2.24, 2.45) is 0 Å². The molecule has 0 spiro atoms. The number of nitrogens with one attached hydrogen (secondary N) is 2. The number of nitrogens with zero attached hydrogens (tertiary/aromatic N) is 2. The SMILES string of the molecule is CC[C@@H](C)c1ccc(Nc2nc3ccccc3nc2NS(=O)(=O)c2cccs2)cc1. The second-order valence-electron chi connectivity index (χ2n) is 7.00. The van der Waals surface area contributed by atoms with Crippen LogP contribution in [0.4, 0.5) is 17.3 Å². The third-order valence-corrected chi connectivity index (χ3v) is 7.65. The van der Waals surface area contributed by atoms with Crippen LogP contribution in [0.5, 0.6) is 0 Å². The van der Waals surface area contributed by atoms with Crippen molar-refractivity contribution in [2.45, 2.75) is 30.4 Å². The molecule has 6 nitrogen and oxygen atoms in total. The van der Waals surface area contributed by atoms with E-state index in [1.54, 1.807) is 23.6 Å². The van der Waals surface area contributed by atoms with Crippen LogP contribution in [0, 0.1) is 0 Å². The summed E-state index contributed by atoms with van der Waals surface area (Å²) < 4.78 is 28.3. The van der Waals surface area contributed by atoms with E-state index in [1.165, 1.54) is 5.56 Å². The van der Waals surface area contributed by atoms with Gasteiger partial charge >= 0.3 is 0 Å². The summed E-state index contributed by atoms with van der Waals surface area (Å²) in [6.07, 6.45) is 1.07. The molecule has 0 amide bonds. The molecule has 2 heterocycles. The van der Waals surface area contributed by atoms with Gasteiger partial charge < -0.3 is 5.32 Å². The fourth-order valence-electron chi connectivity index (χ4n) is 3.02. The predicted octanol–water partition coefficient (Wildman–Crippen LogP) is 5.75. The Morgan fingerprint density at radius 3 is 2.20 bits per heavy atom. The molecular weight excluding hydrogens is 416 g/mol. The fraction of sp³-hybridized carbons (Fsp3) is 0.182. The molecule has 8 heteroatoms. The van der Waals surface area contributed by atoms with Gasteiger partial charge in [-0.25, -0.2) is 18.4 Å². The van der Waals surface area contributed by atoms with Crippen molar-refractivity contribution in [2.75, 3.05) is 10.0 Å². The van der Waals surface area contributed by atoms with Gasteiger partial charge in [0, 0.05) is 5.69 Å². The molecular formula is C22H22N4O2S2. The number of aromatic nitrogens is 2. The molecule has 0 aliphatic heterocycles. The monoisotopic (exact) mass is 438 g/mol. The lowest BCUT2D eigenvalue weighted by Crippen LogP contribution is -2.15. The third kappa shape index (κ3) is 4.29. The van der Waals surface area contributed by atoms with Crippen LogP contribution in [-0.4, -0.2) is 18.4 Å². The molecule has 0 aliphatic rings. The Kier molecular flexibility index (Phi) is 5.69. The number of sulfonamides is 1. The summed E-state index contributed by atoms with van der Waals surface area (Å²) in [5.41, 5.74) is 3.35. The first-order valence-corrected chi connectivity index (χ1v) is 12.0. The van der Waals surface area contributed by atoms with Crippen LogP contribution >= 0.6 is 11.3 Å². The lowest BCUT2D eigenvalue weighted by Gasteiger charge is -2.14. The maximum atomic E-state index is 12.8. The van der Waals surface area contributed by atoms with E-state index < -0.39 is 10.0 Å². The molecule has 30 heavy (non-hydrogen) atoms. The van der Waals surface area contributed by atoms with E-state index in [1.807, 2.05) is 30.3 Å². The summed E-state index contributed by atoms with van der Waals surface area (Å²) >= 11 is 1.15. The van der Waals surface area contributed by atoms with Gasteiger partial charge in [0.2, 0.25) is 0 Å². The Labute approximate surface area is 180 Å². The topological polar surface area (TPSA) is 84.0 Å². The summed E-state index contributed by atoms with van der Waals surface area (Å²) in [5.74, 6) is 0.992. The first-order chi connectivity index (χ1) is 14.5. The highest BCUT2D eigenvalue weighted by Crippen LogP contribution is 2.29. The molecule has 0 unspecified atom stereocenters. The van der Waals surface area contributed by atoms with Crippen molar-refractivity contribution in [1.29, 1.82) is 0 Å². The van der Waals surface area contributed by atoms with Crippen LogP contribution in [0.2, 0.25) is 0 Å². The highest BCUT2D eigenvalue weighted by molar-refractivity contribution is 7.94. The summed E-state index contributed by atoms with van der Waals surface area (Å²) in [6, 6.07) is 18.7. The highest BCUT2D eigenvalue weighted by Gasteiger charge is 2.20. The molecule has 0 aliphatic carbocycles. The number of hydrogen-bond donors (Lipinski definition) is 2. The molecule has 4 aromatic rings. The van der Waals surface area contributed by atoms with Gasteiger partial charge in [-0.15, -0.1) is 11.3 Å². The summed E-state index contributed by atoms with van der Waals surface area (Å²) in [4.78, 5) is 9.13. The molecule has 2 N–H and O–H groups in total. The van der Waals surface area contributed by atoms with Crippen molar-refractivity contribution in [1.82, 2.24) is 9.97 Å². The Balaban J connectivity index is 1.71. The maximum absolute atomic E-state index is 12.8. The van der Waals surface area contributed by atoms with E-state index in [0.717, 1.165) is 23.4 Å². The zero-order valence-electron chi connectivity index (χ0n) is 16.7. The number of fused-ring (bicyclic) bond motifs is 1. The van der Waals surface area contributed by atoms with Gasteiger partial charge in [-0.2, -0.15) is 0 Å². The Morgan fingerprint density at radius 1 is 0.933 bits per heavy atom. The first kappa shape index (κ1) is 20.3. The minimum absolute atomic E-state index is 0.160. The lowest BCUT2D eigenvalue weighted by atomic mass is 9.99. The largest absolute Gasteiger partial charge is 0.337 e. The third-order valence-electron chi connectivity index (χ3n) is 4.92. The molecule has 154 valence electrons. The van der Waals surface area contributed by atoms with Crippen LogP contribution in [-0.2, 0) is 10.0 Å². The summed E-state index contributed by atoms with van der Waals surface area (Å²) in [6.45, 7) is 4.35. The smallest absolute Gasteiger partial charge is 0.272 e. The molecule has 2 aromatic carbocycles. The quantitative estimate of drug-likeness (QED) is 0.384. The fourth-order valence-corrected chi connectivity index (χ4v) is 5.02. The Hall–Kier alpha value is -2.97. The zero-order chi connectivity index (χ0) is 21.1. The van der Waals surface area contributed by atoms with Gasteiger partial charge in [0.05, 0.1) is 11.0 Å². The predicted molar refractivity (Wildman–Crippen MR) is 123 cm³/mol. The van der Waals surface area contributed by atoms with Crippen molar-refractivity contribution >= 4 is 49.7 Å². The van der Waals surface area contributed by atoms with Crippen LogP contribution in [0.1, 0.15) is 31.7 Å². The molecule has 4 rings (SSSR count). The van der Waals surface area contributed by atoms with Crippen molar-refractivity contribution in [3.8, 4) is 0 Å². The van der Waals surface area contributed by atoms with Crippen LogP contribution in [0.15, 0.2) is 70.3 Å². The summed E-state index contributed by atoms with van der Waals surface area (Å²) in [7, 11) is -3.75. The van der Waals surface area contributed by atoms with E-state index in [-0.39, 0.29) is 10.0 Å². The number of anilines is 3. The number of thiophene rings is 1. The number of hydrogen-bond acceptors (Lipinski definition) is 6. The second kappa shape index (κ2) is 8.41. The van der Waals surface area contributed by atoms with Crippen molar-refractivity contribution in [3.63, 3.8) is 0 Å². The van der Waals surface area contributed by atoms with E-state index in [4.69, 9.17) is 0 Å². The molecule has 0 saturated heterocycles. The molecule has 0 fully saturated rings. The standard InChI is InChI=1S/C22H22N4O2S2/c1-3-15(2)16-10-12-17(13-11-16)23-21-22(25-19-8-5-4-7-18(19)24-21)26-30(27,28)20-9-6-14-29-20/h4-15H,3H2,1-2H3,(H,23,24)(H,25,26)/t15-/m1/s1. The van der Waals surface area contributed by atoms with Gasteiger partial charge in [0.25, 0.3) is 10.0 Å². The molecule has 0 radical (unpaired) electrons. The van der Waals surface area contributed by atoms with Crippen LogP contribution in [0.3, 0.4) is 0 Å². The Morgan fingerprint density at radius 2 is 1.60 bits per heavy atom. The first-order valence-electron chi connectivity index (χ1n) is 9.66. The number of para-hydroxylation sites is 2. The second-order valence-corrected chi connectivity index (χ2v) is 9.86. The van der Waals surface area contributed by atoms with Crippen LogP contribution in [0.25, 0.3) is 11.0 Å². The Bertz CT molecular complexity index is 1250. The molecule has 2 aromatic heterocycles.